The molecule has 0 bridgehead atoms. The van der Waals surface area contributed by atoms with E-state index in [9.17, 15) is 0 Å². The van der Waals surface area contributed by atoms with E-state index in [1.807, 2.05) is 12.1 Å². The van der Waals surface area contributed by atoms with Gasteiger partial charge in [0.1, 0.15) is 5.75 Å². The van der Waals surface area contributed by atoms with Gasteiger partial charge in [-0.05, 0) is 43.4 Å². The molecule has 0 aliphatic heterocycles. The molecule has 0 saturated heterocycles. The summed E-state index contributed by atoms with van der Waals surface area (Å²) in [5.41, 5.74) is 7.11. The van der Waals surface area contributed by atoms with Gasteiger partial charge in [-0.1, -0.05) is 25.0 Å². The van der Waals surface area contributed by atoms with Crippen LogP contribution in [0.25, 0.3) is 0 Å². The number of nitrogens with one attached hydrogen (secondary N) is 1. The molecule has 1 aromatic carbocycles. The summed E-state index contributed by atoms with van der Waals surface area (Å²) in [6.45, 7) is 2.28. The zero-order valence-corrected chi connectivity index (χ0v) is 14.1. The Morgan fingerprint density at radius 2 is 2.00 bits per heavy atom. The lowest BCUT2D eigenvalue weighted by Gasteiger charge is -2.10. The lowest BCUT2D eigenvalue weighted by atomic mass is 10.1. The van der Waals surface area contributed by atoms with Crippen LogP contribution in [0.15, 0.2) is 29.3 Å². The molecule has 2 rings (SSSR count). The van der Waals surface area contributed by atoms with Crippen molar-refractivity contribution in [1.29, 1.82) is 0 Å². The minimum absolute atomic E-state index is 0.485. The number of ether oxygens (including phenoxy) is 2. The molecule has 5 nitrogen and oxygen atoms in total. The summed E-state index contributed by atoms with van der Waals surface area (Å²) in [5.74, 6) is 1.39. The molecular weight excluding hydrogens is 290 g/mol. The highest BCUT2D eigenvalue weighted by atomic mass is 16.5. The van der Waals surface area contributed by atoms with E-state index in [1.54, 1.807) is 7.11 Å². The second kappa shape index (κ2) is 10.1. The van der Waals surface area contributed by atoms with Crippen molar-refractivity contribution in [3.63, 3.8) is 0 Å². The second-order valence-electron chi connectivity index (χ2n) is 5.92. The number of nitrogens with two attached hydrogens (primary N) is 1. The van der Waals surface area contributed by atoms with Crippen molar-refractivity contribution in [2.75, 3.05) is 26.8 Å². The Kier molecular flexibility index (Phi) is 7.73. The largest absolute Gasteiger partial charge is 0.497 e. The molecule has 0 unspecified atom stereocenters. The summed E-state index contributed by atoms with van der Waals surface area (Å²) in [6, 6.07) is 8.07. The van der Waals surface area contributed by atoms with E-state index in [4.69, 9.17) is 15.2 Å². The van der Waals surface area contributed by atoms with Gasteiger partial charge in [-0.25, -0.2) is 0 Å². The first kappa shape index (κ1) is 17.6. The Labute approximate surface area is 139 Å². The second-order valence-corrected chi connectivity index (χ2v) is 5.92. The monoisotopic (exact) mass is 319 g/mol. The van der Waals surface area contributed by atoms with Gasteiger partial charge >= 0.3 is 0 Å². The first-order valence-electron chi connectivity index (χ1n) is 8.56. The fourth-order valence-corrected chi connectivity index (χ4v) is 2.75. The number of hydrogen-bond donors (Lipinski definition) is 2. The summed E-state index contributed by atoms with van der Waals surface area (Å²) in [7, 11) is 1.67. The van der Waals surface area contributed by atoms with E-state index in [2.05, 4.69) is 22.4 Å². The maximum Gasteiger partial charge on any atom is 0.188 e. The molecule has 0 atom stereocenters. The number of benzene rings is 1. The van der Waals surface area contributed by atoms with Gasteiger partial charge in [0, 0.05) is 19.7 Å². The minimum Gasteiger partial charge on any atom is -0.497 e. The number of aliphatic imine (C=N–C) groups is 1. The Balaban J connectivity index is 1.53. The molecule has 0 radical (unpaired) electrons. The van der Waals surface area contributed by atoms with Crippen LogP contribution in [0, 0.1) is 0 Å². The molecule has 23 heavy (non-hydrogen) atoms. The Morgan fingerprint density at radius 3 is 2.70 bits per heavy atom. The summed E-state index contributed by atoms with van der Waals surface area (Å²) in [6.07, 6.45) is 7.39. The topological polar surface area (TPSA) is 68.9 Å². The zero-order valence-electron chi connectivity index (χ0n) is 14.1. The number of methoxy groups -OCH3 is 1. The standard InChI is InChI=1S/C18H29N3O2/c1-22-16-9-7-15(8-10-16)11-13-21-18(19)20-12-4-14-23-17-5-2-3-6-17/h7-10,17H,2-6,11-14H2,1H3,(H3,19,20,21). The molecule has 0 spiro atoms. The summed E-state index contributed by atoms with van der Waals surface area (Å²) in [5, 5.41) is 3.15. The SMILES string of the molecule is COc1ccc(CCNC(N)=NCCCOC2CCCC2)cc1. The van der Waals surface area contributed by atoms with Gasteiger partial charge in [-0.3, -0.25) is 4.99 Å². The maximum atomic E-state index is 5.87. The van der Waals surface area contributed by atoms with Crippen LogP contribution in [0.2, 0.25) is 0 Å². The third-order valence-corrected chi connectivity index (χ3v) is 4.12. The van der Waals surface area contributed by atoms with Crippen molar-refractivity contribution in [2.45, 2.75) is 44.6 Å². The van der Waals surface area contributed by atoms with Gasteiger partial charge in [0.25, 0.3) is 0 Å². The zero-order chi connectivity index (χ0) is 16.3. The molecule has 5 heteroatoms. The van der Waals surface area contributed by atoms with Crippen molar-refractivity contribution in [1.82, 2.24) is 5.32 Å². The molecule has 1 aromatic rings. The van der Waals surface area contributed by atoms with E-state index in [1.165, 1.54) is 31.2 Å². The quantitative estimate of drug-likeness (QED) is 0.417. The predicted octanol–water partition coefficient (Wildman–Crippen LogP) is 2.49. The summed E-state index contributed by atoms with van der Waals surface area (Å²) >= 11 is 0. The Hall–Kier alpha value is -1.75. The van der Waals surface area contributed by atoms with Crippen LogP contribution < -0.4 is 15.8 Å². The maximum absolute atomic E-state index is 5.87. The van der Waals surface area contributed by atoms with E-state index < -0.39 is 0 Å². The highest BCUT2D eigenvalue weighted by molar-refractivity contribution is 5.77. The van der Waals surface area contributed by atoms with Crippen LogP contribution in [0.1, 0.15) is 37.7 Å². The fraction of sp³-hybridized carbons (Fsp3) is 0.611. The highest BCUT2D eigenvalue weighted by Gasteiger charge is 2.14. The average Bonchev–Trinajstić information content (AvgIpc) is 3.08. The summed E-state index contributed by atoms with van der Waals surface area (Å²) < 4.78 is 10.9. The lowest BCUT2D eigenvalue weighted by molar-refractivity contribution is 0.0579. The number of nitrogens with zero attached hydrogens (tertiary/aromatic N) is 1. The number of guanidine groups is 1. The molecular formula is C18H29N3O2. The first-order valence-corrected chi connectivity index (χ1v) is 8.56. The van der Waals surface area contributed by atoms with E-state index in [-0.39, 0.29) is 0 Å². The molecule has 0 amide bonds. The smallest absolute Gasteiger partial charge is 0.188 e. The van der Waals surface area contributed by atoms with E-state index in [0.717, 1.165) is 31.7 Å². The molecule has 128 valence electrons. The van der Waals surface area contributed by atoms with Crippen LogP contribution in [0.3, 0.4) is 0 Å². The average molecular weight is 319 g/mol. The van der Waals surface area contributed by atoms with Crippen molar-refractivity contribution >= 4 is 5.96 Å². The Morgan fingerprint density at radius 1 is 1.26 bits per heavy atom. The van der Waals surface area contributed by atoms with E-state index >= 15 is 0 Å². The highest BCUT2D eigenvalue weighted by Crippen LogP contribution is 2.20. The van der Waals surface area contributed by atoms with Gasteiger partial charge in [-0.2, -0.15) is 0 Å². The molecule has 1 aliphatic rings. The summed E-state index contributed by atoms with van der Waals surface area (Å²) in [4.78, 5) is 4.33. The molecule has 3 N–H and O–H groups in total. The third-order valence-electron chi connectivity index (χ3n) is 4.12. The molecule has 1 fully saturated rings. The third kappa shape index (κ3) is 6.91. The molecule has 1 aliphatic carbocycles. The van der Waals surface area contributed by atoms with Crippen molar-refractivity contribution in [3.8, 4) is 5.75 Å². The predicted molar refractivity (Wildman–Crippen MR) is 94.0 cm³/mol. The normalized spacial score (nSPS) is 15.8. The van der Waals surface area contributed by atoms with Crippen molar-refractivity contribution in [3.05, 3.63) is 29.8 Å². The van der Waals surface area contributed by atoms with E-state index in [0.29, 0.717) is 18.6 Å². The minimum atomic E-state index is 0.485. The van der Waals surface area contributed by atoms with Crippen LogP contribution >= 0.6 is 0 Å². The van der Waals surface area contributed by atoms with Gasteiger partial charge in [0.2, 0.25) is 0 Å². The van der Waals surface area contributed by atoms with Crippen LogP contribution in [0.4, 0.5) is 0 Å². The number of hydrogen-bond acceptors (Lipinski definition) is 3. The Bertz CT molecular complexity index is 468. The van der Waals surface area contributed by atoms with Crippen molar-refractivity contribution < 1.29 is 9.47 Å². The van der Waals surface area contributed by atoms with Crippen molar-refractivity contribution in [2.24, 2.45) is 10.7 Å². The fourth-order valence-electron chi connectivity index (χ4n) is 2.75. The van der Waals surface area contributed by atoms with Crippen LogP contribution in [0.5, 0.6) is 5.75 Å². The van der Waals surface area contributed by atoms with Gasteiger partial charge in [-0.15, -0.1) is 0 Å². The molecule has 0 heterocycles. The number of rotatable bonds is 9. The first-order chi connectivity index (χ1) is 11.3. The van der Waals surface area contributed by atoms with Gasteiger partial charge < -0.3 is 20.5 Å². The van der Waals surface area contributed by atoms with Gasteiger partial charge in [0.15, 0.2) is 5.96 Å². The lowest BCUT2D eigenvalue weighted by Crippen LogP contribution is -2.33. The van der Waals surface area contributed by atoms with Gasteiger partial charge in [0.05, 0.1) is 13.2 Å². The van der Waals surface area contributed by atoms with Crippen LogP contribution in [-0.2, 0) is 11.2 Å². The van der Waals surface area contributed by atoms with Crippen LogP contribution in [-0.4, -0.2) is 38.9 Å². The molecule has 0 aromatic heterocycles. The molecule has 1 saturated carbocycles.